The minimum absolute atomic E-state index is 0.0141. The van der Waals surface area contributed by atoms with Gasteiger partial charge in [-0.05, 0) is 54.8 Å². The summed E-state index contributed by atoms with van der Waals surface area (Å²) in [4.78, 5) is 30.3. The molecule has 37 heavy (non-hydrogen) atoms. The van der Waals surface area contributed by atoms with Crippen LogP contribution in [0.4, 0.5) is 0 Å². The molecule has 2 aliphatic rings. The van der Waals surface area contributed by atoms with Gasteiger partial charge in [-0.15, -0.1) is 0 Å². The number of hydrogen-bond acceptors (Lipinski definition) is 6. The second-order valence-corrected chi connectivity index (χ2v) is 10.0. The average molecular weight is 547 g/mol. The van der Waals surface area contributed by atoms with Crippen LogP contribution in [0, 0.1) is 0 Å². The zero-order valence-electron chi connectivity index (χ0n) is 20.9. The molecule has 1 amide bonds. The fraction of sp³-hybridized carbons (Fsp3) is 0.429. The molecule has 1 N–H and O–H groups in total. The van der Waals surface area contributed by atoms with Crippen LogP contribution in [0.3, 0.4) is 0 Å². The van der Waals surface area contributed by atoms with Crippen LogP contribution >= 0.6 is 23.2 Å². The van der Waals surface area contributed by atoms with Gasteiger partial charge >= 0.3 is 0 Å². The van der Waals surface area contributed by atoms with Gasteiger partial charge in [0.25, 0.3) is 11.7 Å². The van der Waals surface area contributed by atoms with E-state index in [4.69, 9.17) is 32.7 Å². The molecule has 7 nitrogen and oxygen atoms in total. The highest BCUT2D eigenvalue weighted by Gasteiger charge is 2.46. The maximum absolute atomic E-state index is 13.3. The number of benzene rings is 2. The number of carbonyl (C=O) groups is 2. The SMILES string of the molecule is CCCCOc1ccc(/C(O)=C2\C(=O)C(=O)N(CCCN3CCOCC3)C2c2ccc(Cl)cc2Cl)cc1. The largest absolute Gasteiger partial charge is 0.507 e. The van der Waals surface area contributed by atoms with Crippen molar-refractivity contribution in [2.24, 2.45) is 0 Å². The van der Waals surface area contributed by atoms with Crippen molar-refractivity contribution in [3.05, 3.63) is 69.2 Å². The van der Waals surface area contributed by atoms with E-state index in [1.54, 1.807) is 42.5 Å². The van der Waals surface area contributed by atoms with Crippen molar-refractivity contribution in [3.63, 3.8) is 0 Å². The highest BCUT2D eigenvalue weighted by atomic mass is 35.5. The maximum Gasteiger partial charge on any atom is 0.295 e. The van der Waals surface area contributed by atoms with E-state index in [-0.39, 0.29) is 11.3 Å². The number of hydrogen-bond donors (Lipinski definition) is 1. The molecule has 1 unspecified atom stereocenters. The van der Waals surface area contributed by atoms with E-state index in [1.165, 1.54) is 4.90 Å². The molecule has 198 valence electrons. The zero-order chi connectivity index (χ0) is 26.4. The molecule has 2 aromatic carbocycles. The van der Waals surface area contributed by atoms with Gasteiger partial charge in [-0.3, -0.25) is 14.5 Å². The predicted octanol–water partition coefficient (Wildman–Crippen LogP) is 5.32. The predicted molar refractivity (Wildman–Crippen MR) is 144 cm³/mol. The number of carbonyl (C=O) groups excluding carboxylic acids is 2. The number of rotatable bonds is 10. The molecule has 2 saturated heterocycles. The fourth-order valence-electron chi connectivity index (χ4n) is 4.65. The van der Waals surface area contributed by atoms with Crippen LogP contribution in [-0.4, -0.2) is 72.6 Å². The van der Waals surface area contributed by atoms with Gasteiger partial charge in [-0.25, -0.2) is 0 Å². The molecule has 0 spiro atoms. The van der Waals surface area contributed by atoms with Crippen LogP contribution in [0.1, 0.15) is 43.4 Å². The molecule has 9 heteroatoms. The molecule has 0 bridgehead atoms. The van der Waals surface area contributed by atoms with E-state index in [2.05, 4.69) is 11.8 Å². The molecule has 2 heterocycles. The Hall–Kier alpha value is -2.58. The molecule has 0 aromatic heterocycles. The summed E-state index contributed by atoms with van der Waals surface area (Å²) in [6, 6.07) is 11.0. The third-order valence-corrected chi connectivity index (χ3v) is 7.23. The summed E-state index contributed by atoms with van der Waals surface area (Å²) >= 11 is 12.7. The average Bonchev–Trinajstić information content (AvgIpc) is 3.14. The molecule has 2 aromatic rings. The smallest absolute Gasteiger partial charge is 0.295 e. The van der Waals surface area contributed by atoms with Gasteiger partial charge in [0, 0.05) is 41.8 Å². The number of likely N-dealkylation sites (tertiary alicyclic amines) is 1. The first kappa shape index (κ1) is 27.5. The molecule has 0 saturated carbocycles. The normalized spacial score (nSPS) is 20.0. The van der Waals surface area contributed by atoms with Crippen molar-refractivity contribution in [1.82, 2.24) is 9.80 Å². The van der Waals surface area contributed by atoms with Crippen LogP contribution in [0.2, 0.25) is 10.0 Å². The fourth-order valence-corrected chi connectivity index (χ4v) is 5.16. The Morgan fingerprint density at radius 1 is 1.05 bits per heavy atom. The summed E-state index contributed by atoms with van der Waals surface area (Å²) in [7, 11) is 0. The summed E-state index contributed by atoms with van der Waals surface area (Å²) in [6.45, 7) is 6.85. The lowest BCUT2D eigenvalue weighted by molar-refractivity contribution is -0.140. The molecule has 0 aliphatic carbocycles. The first-order chi connectivity index (χ1) is 17.9. The van der Waals surface area contributed by atoms with E-state index in [1.807, 2.05) is 0 Å². The number of Topliss-reactive ketones (excluding diaryl/α,β-unsaturated/α-hetero) is 1. The van der Waals surface area contributed by atoms with Crippen molar-refractivity contribution in [2.45, 2.75) is 32.2 Å². The van der Waals surface area contributed by atoms with Crippen molar-refractivity contribution in [2.75, 3.05) is 46.0 Å². The molecule has 4 rings (SSSR count). The van der Waals surface area contributed by atoms with Crippen molar-refractivity contribution in [3.8, 4) is 5.75 Å². The molecular formula is C28H32Cl2N2O5. The lowest BCUT2D eigenvalue weighted by Crippen LogP contribution is -2.39. The Morgan fingerprint density at radius 3 is 2.46 bits per heavy atom. The number of aliphatic hydroxyl groups is 1. The third kappa shape index (κ3) is 6.47. The van der Waals surface area contributed by atoms with Crippen molar-refractivity contribution >= 4 is 40.7 Å². The zero-order valence-corrected chi connectivity index (χ0v) is 22.4. The van der Waals surface area contributed by atoms with E-state index in [0.717, 1.165) is 32.5 Å². The van der Waals surface area contributed by atoms with E-state index >= 15 is 0 Å². The van der Waals surface area contributed by atoms with Crippen molar-refractivity contribution < 1.29 is 24.2 Å². The van der Waals surface area contributed by atoms with Gasteiger partial charge < -0.3 is 19.5 Å². The first-order valence-electron chi connectivity index (χ1n) is 12.7. The van der Waals surface area contributed by atoms with Crippen LogP contribution < -0.4 is 4.74 Å². The number of aliphatic hydroxyl groups excluding tert-OH is 1. The number of ketones is 1. The summed E-state index contributed by atoms with van der Waals surface area (Å²) in [6.07, 6.45) is 2.63. The molecule has 0 radical (unpaired) electrons. The van der Waals surface area contributed by atoms with Gasteiger partial charge in [0.1, 0.15) is 11.5 Å². The lowest BCUT2D eigenvalue weighted by atomic mass is 9.95. The molecule has 2 aliphatic heterocycles. The Balaban J connectivity index is 1.64. The topological polar surface area (TPSA) is 79.3 Å². The Morgan fingerprint density at radius 2 is 1.78 bits per heavy atom. The number of amides is 1. The molecular weight excluding hydrogens is 515 g/mol. The minimum Gasteiger partial charge on any atom is -0.507 e. The van der Waals surface area contributed by atoms with Crippen LogP contribution in [-0.2, 0) is 14.3 Å². The Kier molecular flexibility index (Phi) is 9.49. The highest BCUT2D eigenvalue weighted by Crippen LogP contribution is 2.42. The van der Waals surface area contributed by atoms with Gasteiger partial charge in [0.05, 0.1) is 31.4 Å². The first-order valence-corrected chi connectivity index (χ1v) is 13.4. The molecule has 1 atom stereocenters. The van der Waals surface area contributed by atoms with E-state index in [0.29, 0.717) is 59.7 Å². The number of ether oxygens (including phenoxy) is 2. The van der Waals surface area contributed by atoms with Crippen LogP contribution in [0.15, 0.2) is 48.0 Å². The Labute approximate surface area is 227 Å². The van der Waals surface area contributed by atoms with Gasteiger partial charge in [-0.2, -0.15) is 0 Å². The van der Waals surface area contributed by atoms with Gasteiger partial charge in [0.15, 0.2) is 0 Å². The molecule has 2 fully saturated rings. The second kappa shape index (κ2) is 12.8. The van der Waals surface area contributed by atoms with Gasteiger partial charge in [0.2, 0.25) is 0 Å². The van der Waals surface area contributed by atoms with Crippen LogP contribution in [0.5, 0.6) is 5.75 Å². The standard InChI is InChI=1S/C28H32Cl2N2O5/c1-2-3-15-37-21-8-5-19(6-9-21)26(33)24-25(22-10-7-20(29)18-23(22)30)32(28(35)27(24)34)12-4-11-31-13-16-36-17-14-31/h5-10,18,25,33H,2-4,11-17H2,1H3/b26-24+. The maximum atomic E-state index is 13.3. The van der Waals surface area contributed by atoms with Crippen LogP contribution in [0.25, 0.3) is 5.76 Å². The summed E-state index contributed by atoms with van der Waals surface area (Å²) < 4.78 is 11.1. The number of nitrogens with zero attached hydrogens (tertiary/aromatic N) is 2. The van der Waals surface area contributed by atoms with Crippen molar-refractivity contribution in [1.29, 1.82) is 0 Å². The Bertz CT molecular complexity index is 1150. The highest BCUT2D eigenvalue weighted by molar-refractivity contribution is 6.47. The lowest BCUT2D eigenvalue weighted by Gasteiger charge is -2.29. The monoisotopic (exact) mass is 546 g/mol. The van der Waals surface area contributed by atoms with Gasteiger partial charge in [-0.1, -0.05) is 42.6 Å². The second-order valence-electron chi connectivity index (χ2n) is 9.19. The van der Waals surface area contributed by atoms with E-state index < -0.39 is 17.7 Å². The summed E-state index contributed by atoms with van der Waals surface area (Å²) in [5.74, 6) is -0.960. The minimum atomic E-state index is -0.824. The number of unbranched alkanes of at least 4 members (excludes halogenated alkanes) is 1. The van der Waals surface area contributed by atoms with E-state index in [9.17, 15) is 14.7 Å². The summed E-state index contributed by atoms with van der Waals surface area (Å²) in [5, 5.41) is 12.0. The number of halogens is 2. The number of morpholine rings is 1. The third-order valence-electron chi connectivity index (χ3n) is 6.67. The quantitative estimate of drug-likeness (QED) is 0.188. The summed E-state index contributed by atoms with van der Waals surface area (Å²) in [5.41, 5.74) is 0.974.